The summed E-state index contributed by atoms with van der Waals surface area (Å²) in [5.41, 5.74) is 0.113. The third-order valence-electron chi connectivity index (χ3n) is 3.97. The van der Waals surface area contributed by atoms with Gasteiger partial charge in [-0.2, -0.15) is 18.2 Å². The van der Waals surface area contributed by atoms with Gasteiger partial charge in [0, 0.05) is 11.1 Å². The van der Waals surface area contributed by atoms with Crippen molar-refractivity contribution in [1.82, 2.24) is 19.7 Å². The largest absolute Gasteiger partial charge is 0.467 e. The minimum atomic E-state index is -4.48. The van der Waals surface area contributed by atoms with E-state index in [2.05, 4.69) is 15.1 Å². The summed E-state index contributed by atoms with van der Waals surface area (Å²) in [6.07, 6.45) is -2.84. The number of nitrogens with zero attached hydrogens (tertiary/aromatic N) is 3. The summed E-state index contributed by atoms with van der Waals surface area (Å²) in [6.45, 7) is -1.46. The standard InChI is InChI=1S/C16H11Cl2F3N4O2/c17-7-3-9-13(10(18)4-7)22-14(23-15(9)26)11-5-12(27-6-16(19,20)21)24-25(11)8-1-2-8/h3-5,8H,1-2,6H2,(H,22,23,26). The first-order chi connectivity index (χ1) is 12.7. The quantitative estimate of drug-likeness (QED) is 0.682. The normalized spacial score (nSPS) is 14.7. The molecule has 0 bridgehead atoms. The zero-order valence-electron chi connectivity index (χ0n) is 13.5. The van der Waals surface area contributed by atoms with Crippen LogP contribution in [0.3, 0.4) is 0 Å². The first kappa shape index (κ1) is 18.1. The summed E-state index contributed by atoms with van der Waals surface area (Å²) in [5.74, 6) is -0.0582. The number of hydrogen-bond acceptors (Lipinski definition) is 4. The first-order valence-corrected chi connectivity index (χ1v) is 8.65. The van der Waals surface area contributed by atoms with Gasteiger partial charge in [-0.3, -0.25) is 9.48 Å². The van der Waals surface area contributed by atoms with Crippen molar-refractivity contribution < 1.29 is 17.9 Å². The monoisotopic (exact) mass is 418 g/mol. The molecule has 142 valence electrons. The topological polar surface area (TPSA) is 72.8 Å². The Morgan fingerprint density at radius 3 is 2.67 bits per heavy atom. The molecular formula is C16H11Cl2F3N4O2. The molecular weight excluding hydrogens is 408 g/mol. The number of fused-ring (bicyclic) bond motifs is 1. The maximum absolute atomic E-state index is 12.4. The molecule has 0 saturated heterocycles. The van der Waals surface area contributed by atoms with Crippen molar-refractivity contribution in [3.05, 3.63) is 38.6 Å². The highest BCUT2D eigenvalue weighted by atomic mass is 35.5. The van der Waals surface area contributed by atoms with Crippen LogP contribution < -0.4 is 10.3 Å². The SMILES string of the molecule is O=c1nc(-c2cc(OCC(F)(F)F)nn2C2CC2)[nH]c2c(Cl)cc(Cl)cc12. The molecule has 0 amide bonds. The van der Waals surface area contributed by atoms with Gasteiger partial charge in [0.05, 0.1) is 22.0 Å². The van der Waals surface area contributed by atoms with Gasteiger partial charge in [-0.05, 0) is 25.0 Å². The minimum Gasteiger partial charge on any atom is -0.467 e. The van der Waals surface area contributed by atoms with Crippen LogP contribution >= 0.6 is 23.2 Å². The summed E-state index contributed by atoms with van der Waals surface area (Å²) in [7, 11) is 0. The average molecular weight is 419 g/mol. The van der Waals surface area contributed by atoms with E-state index in [9.17, 15) is 18.0 Å². The van der Waals surface area contributed by atoms with Crippen LogP contribution in [0.25, 0.3) is 22.4 Å². The lowest BCUT2D eigenvalue weighted by molar-refractivity contribution is -0.154. The predicted molar refractivity (Wildman–Crippen MR) is 93.4 cm³/mol. The van der Waals surface area contributed by atoms with Crippen molar-refractivity contribution in [3.8, 4) is 17.4 Å². The molecule has 1 aliphatic rings. The number of nitrogens with one attached hydrogen (secondary N) is 1. The molecule has 2 heterocycles. The van der Waals surface area contributed by atoms with Crippen LogP contribution in [0.4, 0.5) is 13.2 Å². The smallest absolute Gasteiger partial charge is 0.422 e. The molecule has 0 radical (unpaired) electrons. The molecule has 6 nitrogen and oxygen atoms in total. The van der Waals surface area contributed by atoms with Crippen molar-refractivity contribution in [2.75, 3.05) is 6.61 Å². The van der Waals surface area contributed by atoms with Crippen LogP contribution in [0.2, 0.25) is 10.0 Å². The lowest BCUT2D eigenvalue weighted by Crippen LogP contribution is -2.19. The molecule has 1 fully saturated rings. The number of halogens is 5. The van der Waals surface area contributed by atoms with E-state index < -0.39 is 18.3 Å². The van der Waals surface area contributed by atoms with Crippen molar-refractivity contribution in [2.24, 2.45) is 0 Å². The second-order valence-corrected chi connectivity index (χ2v) is 6.99. The van der Waals surface area contributed by atoms with E-state index in [0.717, 1.165) is 12.8 Å². The van der Waals surface area contributed by atoms with Gasteiger partial charge in [0.1, 0.15) is 5.69 Å². The Kier molecular flexibility index (Phi) is 4.31. The zero-order valence-corrected chi connectivity index (χ0v) is 15.0. The van der Waals surface area contributed by atoms with Crippen molar-refractivity contribution in [3.63, 3.8) is 0 Å². The van der Waals surface area contributed by atoms with Crippen LogP contribution in [-0.2, 0) is 0 Å². The Hall–Kier alpha value is -2.26. The third-order valence-corrected chi connectivity index (χ3v) is 4.49. The third kappa shape index (κ3) is 3.74. The number of H-pyrrole nitrogens is 1. The Morgan fingerprint density at radius 2 is 2.00 bits per heavy atom. The van der Waals surface area contributed by atoms with E-state index in [4.69, 9.17) is 27.9 Å². The van der Waals surface area contributed by atoms with E-state index in [1.165, 1.54) is 22.9 Å². The molecule has 1 aromatic carbocycles. The molecule has 11 heteroatoms. The van der Waals surface area contributed by atoms with E-state index in [1.54, 1.807) is 0 Å². The second kappa shape index (κ2) is 6.42. The van der Waals surface area contributed by atoms with Crippen LogP contribution in [0.5, 0.6) is 5.88 Å². The number of benzene rings is 1. The molecule has 1 aliphatic carbocycles. The maximum Gasteiger partial charge on any atom is 0.422 e. The van der Waals surface area contributed by atoms with Gasteiger partial charge in [-0.1, -0.05) is 23.2 Å². The Bertz CT molecular complexity index is 1090. The van der Waals surface area contributed by atoms with E-state index >= 15 is 0 Å². The molecule has 2 aromatic heterocycles. The maximum atomic E-state index is 12.4. The Labute approximate surface area is 159 Å². The molecule has 4 rings (SSSR count). The molecule has 1 saturated carbocycles. The fourth-order valence-corrected chi connectivity index (χ4v) is 3.21. The molecule has 0 aliphatic heterocycles. The van der Waals surface area contributed by atoms with Crippen LogP contribution in [0, 0.1) is 0 Å². The molecule has 1 N–H and O–H groups in total. The number of ether oxygens (including phenoxy) is 1. The van der Waals surface area contributed by atoms with Crippen LogP contribution in [-0.4, -0.2) is 32.5 Å². The van der Waals surface area contributed by atoms with E-state index in [1.807, 2.05) is 0 Å². The highest BCUT2D eigenvalue weighted by molar-refractivity contribution is 6.38. The molecule has 27 heavy (non-hydrogen) atoms. The van der Waals surface area contributed by atoms with Crippen molar-refractivity contribution in [2.45, 2.75) is 25.1 Å². The molecule has 0 spiro atoms. The minimum absolute atomic E-state index is 0.0184. The van der Waals surface area contributed by atoms with E-state index in [-0.39, 0.29) is 28.2 Å². The lowest BCUT2D eigenvalue weighted by atomic mass is 10.2. The molecule has 0 atom stereocenters. The summed E-state index contributed by atoms with van der Waals surface area (Å²) in [6, 6.07) is 4.25. The number of alkyl halides is 3. The fourth-order valence-electron chi connectivity index (χ4n) is 2.67. The number of aromatic amines is 1. The highest BCUT2D eigenvalue weighted by Gasteiger charge is 2.32. The fraction of sp³-hybridized carbons (Fsp3) is 0.312. The van der Waals surface area contributed by atoms with Crippen molar-refractivity contribution in [1.29, 1.82) is 0 Å². The Morgan fingerprint density at radius 1 is 1.26 bits per heavy atom. The summed E-state index contributed by atoms with van der Waals surface area (Å²) in [5, 5.41) is 4.80. The van der Waals surface area contributed by atoms with Gasteiger partial charge in [-0.15, -0.1) is 5.10 Å². The lowest BCUT2D eigenvalue weighted by Gasteiger charge is -2.07. The zero-order chi connectivity index (χ0) is 19.3. The summed E-state index contributed by atoms with van der Waals surface area (Å²) >= 11 is 12.1. The van der Waals surface area contributed by atoms with Gasteiger partial charge < -0.3 is 9.72 Å². The number of aromatic nitrogens is 4. The van der Waals surface area contributed by atoms with Crippen LogP contribution in [0.1, 0.15) is 18.9 Å². The summed E-state index contributed by atoms with van der Waals surface area (Å²) in [4.78, 5) is 19.3. The molecule has 3 aromatic rings. The van der Waals surface area contributed by atoms with Crippen molar-refractivity contribution >= 4 is 34.1 Å². The van der Waals surface area contributed by atoms with Gasteiger partial charge >= 0.3 is 6.18 Å². The predicted octanol–water partition coefficient (Wildman–Crippen LogP) is 4.37. The van der Waals surface area contributed by atoms with Gasteiger partial charge in [0.2, 0.25) is 5.88 Å². The number of hydrogen-bond donors (Lipinski definition) is 1. The highest BCUT2D eigenvalue weighted by Crippen LogP contribution is 2.39. The first-order valence-electron chi connectivity index (χ1n) is 7.90. The van der Waals surface area contributed by atoms with Gasteiger partial charge in [0.15, 0.2) is 12.4 Å². The van der Waals surface area contributed by atoms with Gasteiger partial charge in [-0.25, -0.2) is 0 Å². The Balaban J connectivity index is 1.80. The van der Waals surface area contributed by atoms with Gasteiger partial charge in [0.25, 0.3) is 5.56 Å². The van der Waals surface area contributed by atoms with E-state index in [0.29, 0.717) is 16.2 Å². The van der Waals surface area contributed by atoms with Crippen LogP contribution in [0.15, 0.2) is 23.0 Å². The molecule has 0 unspecified atom stereocenters. The number of rotatable bonds is 4. The summed E-state index contributed by atoms with van der Waals surface area (Å²) < 4.78 is 43.4. The second-order valence-electron chi connectivity index (χ2n) is 6.15. The average Bonchev–Trinajstić information content (AvgIpc) is 3.32.